The Labute approximate surface area is 109 Å². The van der Waals surface area contributed by atoms with Crippen LogP contribution in [-0.4, -0.2) is 34.4 Å². The summed E-state index contributed by atoms with van der Waals surface area (Å²) in [5.74, 6) is -0.870. The third-order valence-electron chi connectivity index (χ3n) is 3.04. The van der Waals surface area contributed by atoms with Gasteiger partial charge in [-0.05, 0) is 31.0 Å². The van der Waals surface area contributed by atoms with Crippen molar-refractivity contribution in [3.05, 3.63) is 28.8 Å². The van der Waals surface area contributed by atoms with Crippen molar-refractivity contribution in [3.8, 4) is 5.75 Å². The van der Waals surface area contributed by atoms with Gasteiger partial charge in [-0.3, -0.25) is 9.59 Å². The van der Waals surface area contributed by atoms with Gasteiger partial charge in [0.2, 0.25) is 5.91 Å². The van der Waals surface area contributed by atoms with Gasteiger partial charge in [-0.1, -0.05) is 11.6 Å². The first kappa shape index (κ1) is 12.7. The van der Waals surface area contributed by atoms with Crippen LogP contribution in [0, 0.1) is 0 Å². The molecule has 6 heteroatoms. The predicted octanol–water partition coefficient (Wildman–Crippen LogP) is 1.14. The molecule has 96 valence electrons. The van der Waals surface area contributed by atoms with Crippen LogP contribution < -0.4 is 5.73 Å². The Morgan fingerprint density at radius 3 is 2.78 bits per heavy atom. The van der Waals surface area contributed by atoms with Crippen molar-refractivity contribution < 1.29 is 14.7 Å². The van der Waals surface area contributed by atoms with Gasteiger partial charge >= 0.3 is 0 Å². The summed E-state index contributed by atoms with van der Waals surface area (Å²) in [5.41, 5.74) is 5.60. The highest BCUT2D eigenvalue weighted by molar-refractivity contribution is 6.32. The van der Waals surface area contributed by atoms with E-state index in [1.165, 1.54) is 23.1 Å². The van der Waals surface area contributed by atoms with E-state index in [9.17, 15) is 14.7 Å². The summed E-state index contributed by atoms with van der Waals surface area (Å²) < 4.78 is 0. The molecule has 1 saturated heterocycles. The van der Waals surface area contributed by atoms with Crippen molar-refractivity contribution in [2.24, 2.45) is 5.73 Å². The zero-order valence-corrected chi connectivity index (χ0v) is 10.4. The molecule has 1 aliphatic rings. The first-order valence-corrected chi connectivity index (χ1v) is 5.97. The topological polar surface area (TPSA) is 83.6 Å². The number of halogens is 1. The third-order valence-corrected chi connectivity index (χ3v) is 3.34. The lowest BCUT2D eigenvalue weighted by Gasteiger charge is -2.22. The number of carbonyl (C=O) groups is 2. The zero-order valence-electron chi connectivity index (χ0n) is 9.60. The summed E-state index contributed by atoms with van der Waals surface area (Å²) in [4.78, 5) is 24.9. The summed E-state index contributed by atoms with van der Waals surface area (Å²) in [6.45, 7) is 0.505. The summed E-state index contributed by atoms with van der Waals surface area (Å²) >= 11 is 5.75. The standard InChI is InChI=1S/C12H13ClN2O3/c13-8-6-7(3-4-10(8)16)12(18)15-5-1-2-9(15)11(14)17/h3-4,6,9,16H,1-2,5H2,(H2,14,17). The van der Waals surface area contributed by atoms with Crippen LogP contribution in [0.25, 0.3) is 0 Å². The van der Waals surface area contributed by atoms with Crippen molar-refractivity contribution in [2.75, 3.05) is 6.54 Å². The molecule has 2 amide bonds. The van der Waals surface area contributed by atoms with E-state index >= 15 is 0 Å². The van der Waals surface area contributed by atoms with Crippen LogP contribution in [0.1, 0.15) is 23.2 Å². The van der Waals surface area contributed by atoms with Crippen molar-refractivity contribution in [3.63, 3.8) is 0 Å². The van der Waals surface area contributed by atoms with Crippen LogP contribution in [-0.2, 0) is 4.79 Å². The Hall–Kier alpha value is -1.75. The number of phenolic OH excluding ortho intramolecular Hbond substituents is 1. The average molecular weight is 269 g/mol. The van der Waals surface area contributed by atoms with Gasteiger partial charge < -0.3 is 15.7 Å². The molecule has 1 aliphatic heterocycles. The second kappa shape index (κ2) is 4.86. The number of carbonyl (C=O) groups excluding carboxylic acids is 2. The SMILES string of the molecule is NC(=O)C1CCCN1C(=O)c1ccc(O)c(Cl)c1. The van der Waals surface area contributed by atoms with E-state index < -0.39 is 11.9 Å². The number of aromatic hydroxyl groups is 1. The summed E-state index contributed by atoms with van der Waals surface area (Å²) in [6, 6.07) is 3.66. The van der Waals surface area contributed by atoms with Crippen molar-refractivity contribution in [1.29, 1.82) is 0 Å². The van der Waals surface area contributed by atoms with Gasteiger partial charge in [-0.2, -0.15) is 0 Å². The van der Waals surface area contributed by atoms with Crippen molar-refractivity contribution in [2.45, 2.75) is 18.9 Å². The van der Waals surface area contributed by atoms with Gasteiger partial charge in [0.1, 0.15) is 11.8 Å². The summed E-state index contributed by atoms with van der Waals surface area (Å²) in [7, 11) is 0. The molecular weight excluding hydrogens is 256 g/mol. The highest BCUT2D eigenvalue weighted by atomic mass is 35.5. The molecule has 3 N–H and O–H groups in total. The highest BCUT2D eigenvalue weighted by Crippen LogP contribution is 2.26. The van der Waals surface area contributed by atoms with E-state index in [1.807, 2.05) is 0 Å². The van der Waals surface area contributed by atoms with E-state index in [1.54, 1.807) is 0 Å². The number of phenols is 1. The van der Waals surface area contributed by atoms with Crippen LogP contribution in [0.2, 0.25) is 5.02 Å². The highest BCUT2D eigenvalue weighted by Gasteiger charge is 2.33. The number of hydrogen-bond acceptors (Lipinski definition) is 3. The number of hydrogen-bond donors (Lipinski definition) is 2. The second-order valence-electron chi connectivity index (χ2n) is 4.23. The van der Waals surface area contributed by atoms with Gasteiger partial charge in [0.15, 0.2) is 0 Å². The fraction of sp³-hybridized carbons (Fsp3) is 0.333. The number of nitrogens with zero attached hydrogens (tertiary/aromatic N) is 1. The van der Waals surface area contributed by atoms with Crippen molar-refractivity contribution >= 4 is 23.4 Å². The lowest BCUT2D eigenvalue weighted by atomic mass is 10.1. The van der Waals surface area contributed by atoms with Crippen LogP contribution in [0.4, 0.5) is 0 Å². The smallest absolute Gasteiger partial charge is 0.254 e. The Kier molecular flexibility index (Phi) is 3.43. The fourth-order valence-electron chi connectivity index (χ4n) is 2.11. The maximum absolute atomic E-state index is 12.2. The first-order chi connectivity index (χ1) is 8.50. The molecule has 1 unspecified atom stereocenters. The minimum absolute atomic E-state index is 0.0823. The lowest BCUT2D eigenvalue weighted by Crippen LogP contribution is -2.43. The normalized spacial score (nSPS) is 18.9. The predicted molar refractivity (Wildman–Crippen MR) is 66.4 cm³/mol. The second-order valence-corrected chi connectivity index (χ2v) is 4.63. The third kappa shape index (κ3) is 2.26. The largest absolute Gasteiger partial charge is 0.506 e. The molecule has 0 saturated carbocycles. The number of benzene rings is 1. The Bertz CT molecular complexity index is 504. The Balaban J connectivity index is 2.25. The monoisotopic (exact) mass is 268 g/mol. The molecule has 1 heterocycles. The number of nitrogens with two attached hydrogens (primary N) is 1. The lowest BCUT2D eigenvalue weighted by molar-refractivity contribution is -0.121. The molecule has 2 rings (SSSR count). The summed E-state index contributed by atoms with van der Waals surface area (Å²) in [5, 5.41) is 9.41. The molecule has 1 fully saturated rings. The minimum Gasteiger partial charge on any atom is -0.506 e. The number of amides is 2. The van der Waals surface area contributed by atoms with Crippen LogP contribution in [0.15, 0.2) is 18.2 Å². The molecule has 0 spiro atoms. The van der Waals surface area contributed by atoms with E-state index in [0.29, 0.717) is 18.5 Å². The molecule has 0 bridgehead atoms. The molecule has 5 nitrogen and oxygen atoms in total. The molecule has 1 aromatic rings. The molecule has 0 aromatic heterocycles. The number of primary amides is 1. The first-order valence-electron chi connectivity index (χ1n) is 5.59. The van der Waals surface area contributed by atoms with Gasteiger partial charge in [0.05, 0.1) is 5.02 Å². The molecule has 0 radical (unpaired) electrons. The van der Waals surface area contributed by atoms with Gasteiger partial charge in [0.25, 0.3) is 5.91 Å². The number of likely N-dealkylation sites (tertiary alicyclic amines) is 1. The zero-order chi connectivity index (χ0) is 13.3. The average Bonchev–Trinajstić information content (AvgIpc) is 2.81. The molecule has 1 aromatic carbocycles. The Morgan fingerprint density at radius 1 is 1.44 bits per heavy atom. The van der Waals surface area contributed by atoms with E-state index in [0.717, 1.165) is 6.42 Å². The molecule has 0 aliphatic carbocycles. The van der Waals surface area contributed by atoms with Crippen LogP contribution in [0.3, 0.4) is 0 Å². The van der Waals surface area contributed by atoms with E-state index in [-0.39, 0.29) is 16.7 Å². The molecule has 18 heavy (non-hydrogen) atoms. The van der Waals surface area contributed by atoms with Gasteiger partial charge in [-0.25, -0.2) is 0 Å². The fourth-order valence-corrected chi connectivity index (χ4v) is 2.29. The summed E-state index contributed by atoms with van der Waals surface area (Å²) in [6.07, 6.45) is 1.35. The quantitative estimate of drug-likeness (QED) is 0.843. The molecular formula is C12H13ClN2O3. The van der Waals surface area contributed by atoms with Crippen molar-refractivity contribution in [1.82, 2.24) is 4.90 Å². The van der Waals surface area contributed by atoms with E-state index in [2.05, 4.69) is 0 Å². The molecule has 1 atom stereocenters. The maximum atomic E-state index is 12.2. The van der Waals surface area contributed by atoms with E-state index in [4.69, 9.17) is 17.3 Å². The maximum Gasteiger partial charge on any atom is 0.254 e. The van der Waals surface area contributed by atoms with Gasteiger partial charge in [0, 0.05) is 12.1 Å². The van der Waals surface area contributed by atoms with Crippen LogP contribution >= 0.6 is 11.6 Å². The Morgan fingerprint density at radius 2 is 2.17 bits per heavy atom. The van der Waals surface area contributed by atoms with Crippen LogP contribution in [0.5, 0.6) is 5.75 Å². The number of rotatable bonds is 2. The van der Waals surface area contributed by atoms with Gasteiger partial charge in [-0.15, -0.1) is 0 Å². The minimum atomic E-state index is -0.551.